The summed E-state index contributed by atoms with van der Waals surface area (Å²) in [7, 11) is 0. The molecule has 2 aromatic heterocycles. The minimum atomic E-state index is 0.294. The summed E-state index contributed by atoms with van der Waals surface area (Å²) in [6.45, 7) is 4.17. The number of aromatic nitrogens is 3. The van der Waals surface area contributed by atoms with E-state index < -0.39 is 0 Å². The Morgan fingerprint density at radius 1 is 0.870 bits per heavy atom. The van der Waals surface area contributed by atoms with Crippen LogP contribution in [0.4, 0.5) is 17.3 Å². The summed E-state index contributed by atoms with van der Waals surface area (Å²) in [5, 5.41) is 6.63. The van der Waals surface area contributed by atoms with Gasteiger partial charge in [0.15, 0.2) is 5.82 Å². The van der Waals surface area contributed by atoms with Gasteiger partial charge >= 0.3 is 0 Å². The van der Waals surface area contributed by atoms with E-state index in [2.05, 4.69) is 39.4 Å². The SMILES string of the molecule is CC(C)Nc1cc(Nc2ccncc2)nc(-c2ccccc2)n1. The van der Waals surface area contributed by atoms with Crippen LogP contribution in [0.15, 0.2) is 60.9 Å². The Hall–Kier alpha value is -2.95. The summed E-state index contributed by atoms with van der Waals surface area (Å²) in [4.78, 5) is 13.3. The fourth-order valence-corrected chi connectivity index (χ4v) is 2.18. The van der Waals surface area contributed by atoms with E-state index in [4.69, 9.17) is 0 Å². The molecule has 0 spiro atoms. The molecule has 0 amide bonds. The summed E-state index contributed by atoms with van der Waals surface area (Å²) in [6.07, 6.45) is 3.49. The first kappa shape index (κ1) is 15.0. The van der Waals surface area contributed by atoms with Crippen molar-refractivity contribution in [3.05, 3.63) is 60.9 Å². The second-order valence-corrected chi connectivity index (χ2v) is 5.49. The average molecular weight is 305 g/mol. The maximum absolute atomic E-state index is 4.62. The predicted molar refractivity (Wildman–Crippen MR) is 93.7 cm³/mol. The molecule has 0 unspecified atom stereocenters. The molecule has 2 heterocycles. The number of nitrogens with zero attached hydrogens (tertiary/aromatic N) is 3. The first-order chi connectivity index (χ1) is 11.2. The van der Waals surface area contributed by atoms with Gasteiger partial charge in [-0.3, -0.25) is 4.98 Å². The van der Waals surface area contributed by atoms with Crippen LogP contribution in [0.25, 0.3) is 11.4 Å². The molecule has 5 heteroatoms. The Balaban J connectivity index is 1.98. The molecule has 0 saturated heterocycles. The highest BCUT2D eigenvalue weighted by molar-refractivity contribution is 5.64. The van der Waals surface area contributed by atoms with E-state index in [0.29, 0.717) is 11.9 Å². The topological polar surface area (TPSA) is 62.7 Å². The maximum Gasteiger partial charge on any atom is 0.163 e. The van der Waals surface area contributed by atoms with Gasteiger partial charge in [0.2, 0.25) is 0 Å². The lowest BCUT2D eigenvalue weighted by atomic mass is 10.2. The van der Waals surface area contributed by atoms with Crippen molar-refractivity contribution in [2.75, 3.05) is 10.6 Å². The number of pyridine rings is 1. The summed E-state index contributed by atoms with van der Waals surface area (Å²) in [6, 6.07) is 16.0. The third-order valence-electron chi connectivity index (χ3n) is 3.15. The smallest absolute Gasteiger partial charge is 0.163 e. The molecule has 5 nitrogen and oxygen atoms in total. The maximum atomic E-state index is 4.62. The molecule has 0 fully saturated rings. The summed E-state index contributed by atoms with van der Waals surface area (Å²) in [5.41, 5.74) is 1.92. The monoisotopic (exact) mass is 305 g/mol. The summed E-state index contributed by atoms with van der Waals surface area (Å²) >= 11 is 0. The van der Waals surface area contributed by atoms with Gasteiger partial charge in [-0.25, -0.2) is 9.97 Å². The molecular formula is C18H19N5. The van der Waals surface area contributed by atoms with E-state index in [0.717, 1.165) is 22.9 Å². The molecule has 116 valence electrons. The quantitative estimate of drug-likeness (QED) is 0.743. The predicted octanol–water partition coefficient (Wildman–Crippen LogP) is 4.10. The van der Waals surface area contributed by atoms with Gasteiger partial charge in [-0.15, -0.1) is 0 Å². The Labute approximate surface area is 135 Å². The van der Waals surface area contributed by atoms with Crippen LogP contribution in [-0.2, 0) is 0 Å². The van der Waals surface area contributed by atoms with Crippen molar-refractivity contribution in [2.45, 2.75) is 19.9 Å². The highest BCUT2D eigenvalue weighted by Crippen LogP contribution is 2.22. The first-order valence-corrected chi connectivity index (χ1v) is 7.59. The fraction of sp³-hybridized carbons (Fsp3) is 0.167. The molecule has 0 bridgehead atoms. The van der Waals surface area contributed by atoms with Crippen molar-refractivity contribution < 1.29 is 0 Å². The number of hydrogen-bond acceptors (Lipinski definition) is 5. The van der Waals surface area contributed by atoms with Crippen molar-refractivity contribution in [3.8, 4) is 11.4 Å². The number of anilines is 3. The van der Waals surface area contributed by atoms with Crippen molar-refractivity contribution in [1.82, 2.24) is 15.0 Å². The Kier molecular flexibility index (Phi) is 4.47. The average Bonchev–Trinajstić information content (AvgIpc) is 2.56. The molecule has 2 N–H and O–H groups in total. The normalized spacial score (nSPS) is 10.6. The van der Waals surface area contributed by atoms with Crippen LogP contribution in [0, 0.1) is 0 Å². The minimum absolute atomic E-state index is 0.294. The van der Waals surface area contributed by atoms with Crippen LogP contribution in [0.3, 0.4) is 0 Å². The molecule has 0 saturated carbocycles. The lowest BCUT2D eigenvalue weighted by Gasteiger charge is -2.13. The van der Waals surface area contributed by atoms with Crippen LogP contribution in [0.5, 0.6) is 0 Å². The van der Waals surface area contributed by atoms with Gasteiger partial charge in [-0.2, -0.15) is 0 Å². The molecular weight excluding hydrogens is 286 g/mol. The van der Waals surface area contributed by atoms with Gasteiger partial charge in [-0.1, -0.05) is 30.3 Å². The molecule has 0 aliphatic rings. The zero-order valence-electron chi connectivity index (χ0n) is 13.2. The van der Waals surface area contributed by atoms with Gasteiger partial charge in [0.1, 0.15) is 11.6 Å². The van der Waals surface area contributed by atoms with E-state index in [9.17, 15) is 0 Å². The van der Waals surface area contributed by atoms with E-state index in [1.807, 2.05) is 48.5 Å². The van der Waals surface area contributed by atoms with Crippen LogP contribution < -0.4 is 10.6 Å². The molecule has 0 aliphatic carbocycles. The minimum Gasteiger partial charge on any atom is -0.368 e. The number of rotatable bonds is 5. The highest BCUT2D eigenvalue weighted by Gasteiger charge is 2.08. The lowest BCUT2D eigenvalue weighted by Crippen LogP contribution is -2.12. The highest BCUT2D eigenvalue weighted by atomic mass is 15.1. The van der Waals surface area contributed by atoms with Gasteiger partial charge in [0.25, 0.3) is 0 Å². The van der Waals surface area contributed by atoms with Gasteiger partial charge in [0.05, 0.1) is 0 Å². The summed E-state index contributed by atoms with van der Waals surface area (Å²) < 4.78 is 0. The molecule has 3 rings (SSSR count). The second kappa shape index (κ2) is 6.87. The lowest BCUT2D eigenvalue weighted by molar-refractivity contribution is 0.887. The number of benzene rings is 1. The van der Waals surface area contributed by atoms with E-state index in [1.54, 1.807) is 12.4 Å². The molecule has 0 radical (unpaired) electrons. The Morgan fingerprint density at radius 3 is 2.26 bits per heavy atom. The van der Waals surface area contributed by atoms with Gasteiger partial charge < -0.3 is 10.6 Å². The van der Waals surface area contributed by atoms with Crippen LogP contribution in [0.1, 0.15) is 13.8 Å². The van der Waals surface area contributed by atoms with Crippen LogP contribution in [-0.4, -0.2) is 21.0 Å². The van der Waals surface area contributed by atoms with Crippen molar-refractivity contribution in [2.24, 2.45) is 0 Å². The van der Waals surface area contributed by atoms with Gasteiger partial charge in [-0.05, 0) is 26.0 Å². The molecule has 23 heavy (non-hydrogen) atoms. The standard InChI is InChI=1S/C18H19N5/c1-13(2)20-16-12-17(21-15-8-10-19-11-9-15)23-18(22-16)14-6-4-3-5-7-14/h3-13H,1-2H3,(H2,19,20,21,22,23). The second-order valence-electron chi connectivity index (χ2n) is 5.49. The van der Waals surface area contributed by atoms with E-state index in [1.165, 1.54) is 0 Å². The largest absolute Gasteiger partial charge is 0.368 e. The first-order valence-electron chi connectivity index (χ1n) is 7.59. The van der Waals surface area contributed by atoms with Crippen molar-refractivity contribution in [1.29, 1.82) is 0 Å². The Bertz CT molecular complexity index is 757. The summed E-state index contributed by atoms with van der Waals surface area (Å²) in [5.74, 6) is 2.23. The van der Waals surface area contributed by atoms with Crippen molar-refractivity contribution >= 4 is 17.3 Å². The molecule has 3 aromatic rings. The number of nitrogens with one attached hydrogen (secondary N) is 2. The fourth-order valence-electron chi connectivity index (χ4n) is 2.18. The molecule has 1 aromatic carbocycles. The van der Waals surface area contributed by atoms with Crippen molar-refractivity contribution in [3.63, 3.8) is 0 Å². The third-order valence-corrected chi connectivity index (χ3v) is 3.15. The zero-order valence-corrected chi connectivity index (χ0v) is 13.2. The third kappa shape index (κ3) is 4.03. The molecule has 0 aliphatic heterocycles. The van der Waals surface area contributed by atoms with E-state index in [-0.39, 0.29) is 0 Å². The zero-order chi connectivity index (χ0) is 16.1. The number of hydrogen-bond donors (Lipinski definition) is 2. The van der Waals surface area contributed by atoms with Crippen LogP contribution >= 0.6 is 0 Å². The van der Waals surface area contributed by atoms with Gasteiger partial charge in [0, 0.05) is 35.8 Å². The van der Waals surface area contributed by atoms with Crippen LogP contribution in [0.2, 0.25) is 0 Å². The molecule has 0 atom stereocenters. The van der Waals surface area contributed by atoms with E-state index >= 15 is 0 Å². The Morgan fingerprint density at radius 2 is 1.57 bits per heavy atom.